The number of ether oxygens (including phenoxy) is 2. The maximum Gasteiger partial charge on any atom is 0.435 e. The van der Waals surface area contributed by atoms with Crippen LogP contribution in [0, 0.1) is 13.8 Å². The van der Waals surface area contributed by atoms with Gasteiger partial charge >= 0.3 is 6.09 Å². The number of carbonyl (C=O) groups excluding carboxylic acids is 2. The summed E-state index contributed by atoms with van der Waals surface area (Å²) < 4.78 is 13.2. The summed E-state index contributed by atoms with van der Waals surface area (Å²) in [5, 5.41) is 4.25. The number of carbonyl (C=O) groups is 2. The second kappa shape index (κ2) is 9.66. The number of hydrogen-bond acceptors (Lipinski definition) is 8. The zero-order valence-corrected chi connectivity index (χ0v) is 22.2. The Hall–Kier alpha value is -4.67. The fourth-order valence-electron chi connectivity index (χ4n) is 4.37. The lowest BCUT2D eigenvalue weighted by molar-refractivity contribution is 0.0514. The van der Waals surface area contributed by atoms with Crippen LogP contribution in [-0.2, 0) is 11.2 Å². The molecule has 4 N–H and O–H groups in total. The fourth-order valence-corrected chi connectivity index (χ4v) is 4.37. The third kappa shape index (κ3) is 4.82. The number of pyridine rings is 2. The molecule has 0 fully saturated rings. The van der Waals surface area contributed by atoms with Gasteiger partial charge in [0.15, 0.2) is 0 Å². The molecule has 3 heterocycles. The Kier molecular flexibility index (Phi) is 6.71. The van der Waals surface area contributed by atoms with Gasteiger partial charge in [0.1, 0.15) is 22.7 Å². The highest BCUT2D eigenvalue weighted by Crippen LogP contribution is 2.31. The number of hydrogen-bond donors (Lipinski definition) is 2. The average Bonchev–Trinajstić information content (AvgIpc) is 3.29. The quantitative estimate of drug-likeness (QED) is 0.407. The zero-order valence-electron chi connectivity index (χ0n) is 22.2. The van der Waals surface area contributed by atoms with E-state index >= 15 is 0 Å². The van der Waals surface area contributed by atoms with Crippen molar-refractivity contribution in [1.29, 1.82) is 0 Å². The number of amides is 1. The predicted molar refractivity (Wildman–Crippen MR) is 143 cm³/mol. The highest BCUT2D eigenvalue weighted by molar-refractivity contribution is 6.08. The molecule has 1 aromatic carbocycles. The number of benzene rings is 1. The number of nitrogens with zero attached hydrogens (tertiary/aromatic N) is 4. The summed E-state index contributed by atoms with van der Waals surface area (Å²) in [7, 11) is 1.53. The topological polar surface area (TPSA) is 157 Å². The Bertz CT molecular complexity index is 1640. The van der Waals surface area contributed by atoms with E-state index in [1.807, 2.05) is 6.92 Å². The number of nitrogens with two attached hydrogens (primary N) is 2. The highest BCUT2D eigenvalue weighted by Gasteiger charge is 2.24. The van der Waals surface area contributed by atoms with Crippen molar-refractivity contribution in [3.05, 3.63) is 75.0 Å². The van der Waals surface area contributed by atoms with E-state index < -0.39 is 23.2 Å². The van der Waals surface area contributed by atoms with E-state index in [1.54, 1.807) is 52.1 Å². The number of anilines is 1. The maximum atomic E-state index is 13.8. The Labute approximate surface area is 219 Å². The van der Waals surface area contributed by atoms with Crippen molar-refractivity contribution in [2.75, 3.05) is 12.8 Å². The zero-order chi connectivity index (χ0) is 27.9. The van der Waals surface area contributed by atoms with Crippen LogP contribution < -0.4 is 21.8 Å². The number of rotatable bonds is 5. The third-order valence-electron chi connectivity index (χ3n) is 6.01. The first kappa shape index (κ1) is 26.4. The minimum Gasteiger partial charge on any atom is -0.496 e. The van der Waals surface area contributed by atoms with Gasteiger partial charge in [-0.25, -0.2) is 4.79 Å². The fraction of sp³-hybridized carbons (Fsp3) is 0.296. The normalized spacial score (nSPS) is 11.5. The van der Waals surface area contributed by atoms with Crippen molar-refractivity contribution in [3.8, 4) is 11.4 Å². The largest absolute Gasteiger partial charge is 0.496 e. The number of aryl methyl sites for hydroxylation is 1. The van der Waals surface area contributed by atoms with Gasteiger partial charge in [-0.3, -0.25) is 19.1 Å². The molecule has 0 spiro atoms. The van der Waals surface area contributed by atoms with E-state index in [0.29, 0.717) is 34.5 Å². The molecular formula is C27H30N6O5. The number of nitrogen functional groups attached to an aromatic ring is 1. The van der Waals surface area contributed by atoms with E-state index in [0.717, 1.165) is 10.2 Å². The number of fused-ring (bicyclic) bond motifs is 1. The molecule has 38 heavy (non-hydrogen) atoms. The molecular weight excluding hydrogens is 488 g/mol. The van der Waals surface area contributed by atoms with Crippen molar-refractivity contribution >= 4 is 28.7 Å². The smallest absolute Gasteiger partial charge is 0.435 e. The molecule has 0 saturated carbocycles. The van der Waals surface area contributed by atoms with Gasteiger partial charge < -0.3 is 20.9 Å². The second-order valence-corrected chi connectivity index (χ2v) is 10.0. The van der Waals surface area contributed by atoms with E-state index in [9.17, 15) is 14.4 Å². The number of aromatic nitrogens is 4. The number of methoxy groups -OCH3 is 1. The SMILES string of the molecule is COc1ccc(C)c(-n2c(N)c(C(N)=O)c3ncc(Cc4cnn(C(=O)OC(C)(C)C)c4)cc3c2=O)c1C. The van der Waals surface area contributed by atoms with Gasteiger partial charge in [-0.05, 0) is 63.4 Å². The minimum absolute atomic E-state index is 0.0504. The van der Waals surface area contributed by atoms with Crippen LogP contribution in [0.2, 0.25) is 0 Å². The molecule has 11 heteroatoms. The summed E-state index contributed by atoms with van der Waals surface area (Å²) in [6, 6.07) is 5.24. The van der Waals surface area contributed by atoms with E-state index in [-0.39, 0.29) is 22.3 Å². The average molecular weight is 519 g/mol. The summed E-state index contributed by atoms with van der Waals surface area (Å²) in [5.41, 5.74) is 14.3. The molecule has 11 nitrogen and oxygen atoms in total. The van der Waals surface area contributed by atoms with Crippen molar-refractivity contribution in [2.45, 2.75) is 46.6 Å². The lowest BCUT2D eigenvalue weighted by Gasteiger charge is -2.20. The molecule has 4 aromatic rings. The Morgan fingerprint density at radius 2 is 1.82 bits per heavy atom. The maximum absolute atomic E-state index is 13.8. The molecule has 0 unspecified atom stereocenters. The van der Waals surface area contributed by atoms with Crippen LogP contribution in [0.3, 0.4) is 0 Å². The molecule has 0 aliphatic heterocycles. The molecule has 0 saturated heterocycles. The predicted octanol–water partition coefficient (Wildman–Crippen LogP) is 3.26. The summed E-state index contributed by atoms with van der Waals surface area (Å²) in [6.45, 7) is 8.94. The first-order valence-electron chi connectivity index (χ1n) is 11.9. The Morgan fingerprint density at radius 3 is 2.45 bits per heavy atom. The van der Waals surface area contributed by atoms with E-state index in [1.165, 1.54) is 24.1 Å². The van der Waals surface area contributed by atoms with Gasteiger partial charge in [-0.15, -0.1) is 0 Å². The molecule has 0 aliphatic rings. The third-order valence-corrected chi connectivity index (χ3v) is 6.01. The summed E-state index contributed by atoms with van der Waals surface area (Å²) >= 11 is 0. The standard InChI is InChI=1S/C27H30N6O5/c1-14-7-8-19(37-6)15(2)22(14)33-23(28)20(24(29)34)21-18(25(33)35)10-16(11-30-21)9-17-12-31-32(13-17)26(36)38-27(3,4)5/h7-8,10-13H,9,28H2,1-6H3,(H2,29,34). The van der Waals surface area contributed by atoms with Crippen LogP contribution in [0.4, 0.5) is 10.6 Å². The lowest BCUT2D eigenvalue weighted by Crippen LogP contribution is -2.28. The molecule has 3 aromatic heterocycles. The van der Waals surface area contributed by atoms with Crippen LogP contribution in [0.1, 0.15) is 53.4 Å². The van der Waals surface area contributed by atoms with Gasteiger partial charge in [0.2, 0.25) is 0 Å². The number of primary amides is 1. The molecule has 1 amide bonds. The van der Waals surface area contributed by atoms with Gasteiger partial charge in [0, 0.05) is 24.4 Å². The van der Waals surface area contributed by atoms with Gasteiger partial charge in [0.25, 0.3) is 11.5 Å². The molecule has 0 atom stereocenters. The molecule has 198 valence electrons. The van der Waals surface area contributed by atoms with Gasteiger partial charge in [-0.2, -0.15) is 9.78 Å². The van der Waals surface area contributed by atoms with E-state index in [2.05, 4.69) is 10.1 Å². The Morgan fingerprint density at radius 1 is 1.11 bits per heavy atom. The van der Waals surface area contributed by atoms with Gasteiger partial charge in [0.05, 0.1) is 29.9 Å². The molecule has 0 aliphatic carbocycles. The monoisotopic (exact) mass is 518 g/mol. The van der Waals surface area contributed by atoms with Crippen molar-refractivity contribution < 1.29 is 19.1 Å². The van der Waals surface area contributed by atoms with Crippen LogP contribution in [0.15, 0.2) is 41.6 Å². The Balaban J connectivity index is 1.85. The first-order valence-corrected chi connectivity index (χ1v) is 11.9. The summed E-state index contributed by atoms with van der Waals surface area (Å²) in [6.07, 6.45) is 4.34. The summed E-state index contributed by atoms with van der Waals surface area (Å²) in [5.74, 6) is -0.349. The van der Waals surface area contributed by atoms with Crippen LogP contribution in [0.5, 0.6) is 5.75 Å². The molecule has 0 radical (unpaired) electrons. The van der Waals surface area contributed by atoms with E-state index in [4.69, 9.17) is 20.9 Å². The molecule has 0 bridgehead atoms. The summed E-state index contributed by atoms with van der Waals surface area (Å²) in [4.78, 5) is 43.0. The van der Waals surface area contributed by atoms with Crippen molar-refractivity contribution in [1.82, 2.24) is 19.3 Å². The highest BCUT2D eigenvalue weighted by atomic mass is 16.6. The molecule has 4 rings (SSSR count). The van der Waals surface area contributed by atoms with Crippen LogP contribution in [0.25, 0.3) is 16.6 Å². The lowest BCUT2D eigenvalue weighted by atomic mass is 10.0. The van der Waals surface area contributed by atoms with Crippen LogP contribution >= 0.6 is 0 Å². The van der Waals surface area contributed by atoms with Crippen molar-refractivity contribution in [2.24, 2.45) is 5.73 Å². The van der Waals surface area contributed by atoms with Gasteiger partial charge in [-0.1, -0.05) is 6.07 Å². The van der Waals surface area contributed by atoms with Crippen molar-refractivity contribution in [3.63, 3.8) is 0 Å². The van der Waals surface area contributed by atoms with Crippen LogP contribution in [-0.4, -0.2) is 44.0 Å². The first-order chi connectivity index (χ1) is 17.8. The minimum atomic E-state index is -0.807. The second-order valence-electron chi connectivity index (χ2n) is 10.0.